The second kappa shape index (κ2) is 4.37. The highest BCUT2D eigenvalue weighted by atomic mass is 16.6. The van der Waals surface area contributed by atoms with Crippen molar-refractivity contribution in [2.45, 2.75) is 53.1 Å². The molecule has 0 heterocycles. The lowest BCUT2D eigenvalue weighted by Crippen LogP contribution is -2.16. The Balaban J connectivity index is 3.89. The number of hydrogen-bond donors (Lipinski definition) is 0. The van der Waals surface area contributed by atoms with Gasteiger partial charge in [-0.15, -0.1) is 0 Å². The molecular weight excluding hydrogens is 138 g/mol. The summed E-state index contributed by atoms with van der Waals surface area (Å²) in [6, 6.07) is 0. The van der Waals surface area contributed by atoms with E-state index in [1.54, 1.807) is 0 Å². The van der Waals surface area contributed by atoms with E-state index in [9.17, 15) is 0 Å². The minimum absolute atomic E-state index is 0.157. The molecule has 2 nitrogen and oxygen atoms in total. The van der Waals surface area contributed by atoms with Gasteiger partial charge in [0.15, 0.2) is 0 Å². The van der Waals surface area contributed by atoms with Crippen molar-refractivity contribution >= 4 is 5.71 Å². The normalized spacial score (nSPS) is 11.0. The van der Waals surface area contributed by atoms with Crippen LogP contribution in [0.4, 0.5) is 0 Å². The third-order valence-corrected chi connectivity index (χ3v) is 1.26. The van der Waals surface area contributed by atoms with E-state index in [0.717, 1.165) is 18.6 Å². The third-order valence-electron chi connectivity index (χ3n) is 1.26. The van der Waals surface area contributed by atoms with Crippen LogP contribution in [0.5, 0.6) is 0 Å². The average Bonchev–Trinajstić information content (AvgIpc) is 1.88. The number of nitrogens with zero attached hydrogens (tertiary/aromatic N) is 1. The van der Waals surface area contributed by atoms with Crippen molar-refractivity contribution in [2.24, 2.45) is 5.16 Å². The lowest BCUT2D eigenvalue weighted by atomic mass is 10.2. The first-order valence-corrected chi connectivity index (χ1v) is 4.23. The molecule has 0 aliphatic heterocycles. The highest BCUT2D eigenvalue weighted by Crippen LogP contribution is 2.08. The Morgan fingerprint density at radius 1 is 1.18 bits per heavy atom. The predicted octanol–water partition coefficient (Wildman–Crippen LogP) is 2.98. The van der Waals surface area contributed by atoms with Crippen molar-refractivity contribution in [2.75, 3.05) is 0 Å². The van der Waals surface area contributed by atoms with Crippen LogP contribution in [0.1, 0.15) is 47.5 Å². The first-order chi connectivity index (χ1) is 4.99. The van der Waals surface area contributed by atoms with Gasteiger partial charge in [0.1, 0.15) is 5.60 Å². The van der Waals surface area contributed by atoms with Gasteiger partial charge in [0.25, 0.3) is 0 Å². The molecule has 0 N–H and O–H groups in total. The second-order valence-electron chi connectivity index (χ2n) is 3.57. The molecule has 0 aliphatic carbocycles. The number of rotatable bonds is 3. The first kappa shape index (κ1) is 10.5. The highest BCUT2D eigenvalue weighted by Gasteiger charge is 2.10. The minimum atomic E-state index is -0.157. The molecule has 11 heavy (non-hydrogen) atoms. The lowest BCUT2D eigenvalue weighted by molar-refractivity contribution is 0.000289. The zero-order valence-electron chi connectivity index (χ0n) is 8.27. The van der Waals surface area contributed by atoms with Crippen LogP contribution in [0.2, 0.25) is 0 Å². The molecule has 0 aliphatic rings. The Hall–Kier alpha value is -0.530. The Kier molecular flexibility index (Phi) is 4.16. The van der Waals surface area contributed by atoms with Gasteiger partial charge in [-0.25, -0.2) is 0 Å². The van der Waals surface area contributed by atoms with Crippen LogP contribution >= 0.6 is 0 Å². The standard InChI is InChI=1S/C9H19NO/c1-6-8(7-2)10-11-9(3,4)5/h6-7H2,1-5H3. The second-order valence-corrected chi connectivity index (χ2v) is 3.57. The smallest absolute Gasteiger partial charge is 0.129 e. The van der Waals surface area contributed by atoms with Gasteiger partial charge in [-0.05, 0) is 33.6 Å². The summed E-state index contributed by atoms with van der Waals surface area (Å²) in [7, 11) is 0. The van der Waals surface area contributed by atoms with Gasteiger partial charge in [0, 0.05) is 0 Å². The van der Waals surface area contributed by atoms with E-state index in [-0.39, 0.29) is 5.60 Å². The quantitative estimate of drug-likeness (QED) is 0.456. The fourth-order valence-electron chi connectivity index (χ4n) is 0.581. The number of hydrogen-bond acceptors (Lipinski definition) is 2. The minimum Gasteiger partial charge on any atom is -0.390 e. The zero-order valence-corrected chi connectivity index (χ0v) is 8.27. The molecule has 0 unspecified atom stereocenters. The van der Waals surface area contributed by atoms with Crippen molar-refractivity contribution in [1.82, 2.24) is 0 Å². The summed E-state index contributed by atoms with van der Waals surface area (Å²) < 4.78 is 0. The van der Waals surface area contributed by atoms with Crippen LogP contribution in [0.3, 0.4) is 0 Å². The monoisotopic (exact) mass is 157 g/mol. The number of oxime groups is 1. The zero-order chi connectivity index (χ0) is 8.91. The van der Waals surface area contributed by atoms with Gasteiger partial charge in [0.2, 0.25) is 0 Å². The van der Waals surface area contributed by atoms with E-state index < -0.39 is 0 Å². The summed E-state index contributed by atoms with van der Waals surface area (Å²) in [6.45, 7) is 10.2. The van der Waals surface area contributed by atoms with Gasteiger partial charge in [-0.1, -0.05) is 19.0 Å². The van der Waals surface area contributed by atoms with Gasteiger partial charge in [-0.3, -0.25) is 0 Å². The maximum atomic E-state index is 5.26. The molecule has 0 saturated heterocycles. The van der Waals surface area contributed by atoms with Crippen molar-refractivity contribution in [1.29, 1.82) is 0 Å². The molecule has 0 aromatic rings. The van der Waals surface area contributed by atoms with Gasteiger partial charge in [0.05, 0.1) is 5.71 Å². The molecule has 0 rings (SSSR count). The van der Waals surface area contributed by atoms with Crippen LogP contribution in [0.15, 0.2) is 5.16 Å². The maximum absolute atomic E-state index is 5.26. The van der Waals surface area contributed by atoms with Crippen molar-refractivity contribution in [3.05, 3.63) is 0 Å². The molecule has 0 aromatic carbocycles. The largest absolute Gasteiger partial charge is 0.390 e. The molecular formula is C9H19NO. The van der Waals surface area contributed by atoms with Crippen molar-refractivity contribution in [3.63, 3.8) is 0 Å². The summed E-state index contributed by atoms with van der Waals surface area (Å²) in [6.07, 6.45) is 1.96. The molecule has 2 heteroatoms. The summed E-state index contributed by atoms with van der Waals surface area (Å²) >= 11 is 0. The molecule has 0 fully saturated rings. The Labute approximate surface area is 69.6 Å². The lowest BCUT2D eigenvalue weighted by Gasteiger charge is -2.16. The molecule has 0 spiro atoms. The van der Waals surface area contributed by atoms with E-state index in [2.05, 4.69) is 19.0 Å². The Bertz CT molecular complexity index is 127. The van der Waals surface area contributed by atoms with Crippen LogP contribution in [0.25, 0.3) is 0 Å². The van der Waals surface area contributed by atoms with Gasteiger partial charge in [-0.2, -0.15) is 0 Å². The van der Waals surface area contributed by atoms with E-state index in [1.165, 1.54) is 0 Å². The van der Waals surface area contributed by atoms with E-state index in [1.807, 2.05) is 20.8 Å². The molecule has 0 bridgehead atoms. The average molecular weight is 157 g/mol. The topological polar surface area (TPSA) is 21.6 Å². The first-order valence-electron chi connectivity index (χ1n) is 4.23. The summed E-state index contributed by atoms with van der Waals surface area (Å²) in [5, 5.41) is 4.05. The Morgan fingerprint density at radius 2 is 1.64 bits per heavy atom. The van der Waals surface area contributed by atoms with E-state index >= 15 is 0 Å². The molecule has 0 aromatic heterocycles. The molecule has 66 valence electrons. The van der Waals surface area contributed by atoms with Gasteiger partial charge >= 0.3 is 0 Å². The fourth-order valence-corrected chi connectivity index (χ4v) is 0.581. The Morgan fingerprint density at radius 3 is 1.91 bits per heavy atom. The third kappa shape index (κ3) is 5.89. The molecule has 0 saturated carbocycles. The molecule has 0 amide bonds. The van der Waals surface area contributed by atoms with Gasteiger partial charge < -0.3 is 4.84 Å². The molecule has 0 radical (unpaired) electrons. The summed E-state index contributed by atoms with van der Waals surface area (Å²) in [5.74, 6) is 0. The molecule has 0 atom stereocenters. The predicted molar refractivity (Wildman–Crippen MR) is 48.9 cm³/mol. The summed E-state index contributed by atoms with van der Waals surface area (Å²) in [5.41, 5.74) is 0.968. The van der Waals surface area contributed by atoms with Crippen molar-refractivity contribution in [3.8, 4) is 0 Å². The van der Waals surface area contributed by atoms with E-state index in [4.69, 9.17) is 4.84 Å². The summed E-state index contributed by atoms with van der Waals surface area (Å²) in [4.78, 5) is 5.26. The van der Waals surface area contributed by atoms with Crippen LogP contribution < -0.4 is 0 Å². The van der Waals surface area contributed by atoms with Crippen LogP contribution in [-0.2, 0) is 4.84 Å². The van der Waals surface area contributed by atoms with Crippen molar-refractivity contribution < 1.29 is 4.84 Å². The van der Waals surface area contributed by atoms with E-state index in [0.29, 0.717) is 0 Å². The fraction of sp³-hybridized carbons (Fsp3) is 0.889. The maximum Gasteiger partial charge on any atom is 0.129 e. The SMILES string of the molecule is CCC(CC)=NOC(C)(C)C. The van der Waals surface area contributed by atoms with Crippen LogP contribution in [-0.4, -0.2) is 11.3 Å². The highest BCUT2D eigenvalue weighted by molar-refractivity contribution is 5.83. The van der Waals surface area contributed by atoms with Crippen LogP contribution in [0, 0.1) is 0 Å².